The lowest BCUT2D eigenvalue weighted by Crippen LogP contribution is -2.35. The SMILES string of the molecule is CC(C)(CF)C(=O)Nc1ccc(NS(=O)(=O)c2cccc3c(NC(=O)N4CCCCCC4)cccc23)cc1. The molecule has 8 nitrogen and oxygen atoms in total. The van der Waals surface area contributed by atoms with E-state index in [-0.39, 0.29) is 10.9 Å². The topological polar surface area (TPSA) is 108 Å². The molecule has 1 fully saturated rings. The van der Waals surface area contributed by atoms with Gasteiger partial charge in [-0.1, -0.05) is 37.1 Å². The van der Waals surface area contributed by atoms with Crippen LogP contribution in [0.15, 0.2) is 65.6 Å². The molecule has 0 aliphatic carbocycles. The molecule has 0 radical (unpaired) electrons. The van der Waals surface area contributed by atoms with E-state index in [4.69, 9.17) is 0 Å². The van der Waals surface area contributed by atoms with Crippen LogP contribution >= 0.6 is 0 Å². The Labute approximate surface area is 222 Å². The van der Waals surface area contributed by atoms with Gasteiger partial charge in [0.05, 0.1) is 16.0 Å². The minimum Gasteiger partial charge on any atom is -0.326 e. The van der Waals surface area contributed by atoms with E-state index in [1.54, 1.807) is 47.4 Å². The zero-order valence-electron chi connectivity index (χ0n) is 21.6. The van der Waals surface area contributed by atoms with Crippen molar-refractivity contribution in [3.8, 4) is 0 Å². The highest BCUT2D eigenvalue weighted by Gasteiger charge is 2.27. The Hall–Kier alpha value is -3.66. The van der Waals surface area contributed by atoms with Gasteiger partial charge in [0.1, 0.15) is 6.67 Å². The Kier molecular flexibility index (Phi) is 8.20. The summed E-state index contributed by atoms with van der Waals surface area (Å²) >= 11 is 0. The Morgan fingerprint density at radius 3 is 2.11 bits per heavy atom. The summed E-state index contributed by atoms with van der Waals surface area (Å²) in [7, 11) is -3.98. The molecule has 4 rings (SSSR count). The maximum absolute atomic E-state index is 13.3. The minimum atomic E-state index is -3.98. The van der Waals surface area contributed by atoms with Crippen molar-refractivity contribution in [1.29, 1.82) is 0 Å². The number of likely N-dealkylation sites (tertiary alicyclic amines) is 1. The number of nitrogens with zero attached hydrogens (tertiary/aromatic N) is 1. The molecule has 1 heterocycles. The smallest absolute Gasteiger partial charge is 0.321 e. The average Bonchev–Trinajstić information content (AvgIpc) is 3.19. The van der Waals surface area contributed by atoms with E-state index in [0.717, 1.165) is 25.7 Å². The molecular formula is C28H33FN4O4S. The van der Waals surface area contributed by atoms with Gasteiger partial charge in [-0.25, -0.2) is 17.6 Å². The number of sulfonamides is 1. The number of fused-ring (bicyclic) bond motifs is 1. The number of hydrogen-bond donors (Lipinski definition) is 3. The molecule has 202 valence electrons. The van der Waals surface area contributed by atoms with Crippen molar-refractivity contribution < 1.29 is 22.4 Å². The normalized spacial score (nSPS) is 14.6. The van der Waals surface area contributed by atoms with Crippen molar-refractivity contribution in [2.45, 2.75) is 44.4 Å². The largest absolute Gasteiger partial charge is 0.326 e. The van der Waals surface area contributed by atoms with Gasteiger partial charge in [0.2, 0.25) is 5.91 Å². The second-order valence-corrected chi connectivity index (χ2v) is 11.8. The number of halogens is 1. The summed E-state index contributed by atoms with van der Waals surface area (Å²) in [6.07, 6.45) is 4.17. The lowest BCUT2D eigenvalue weighted by Gasteiger charge is -2.21. The molecule has 3 amide bonds. The number of urea groups is 1. The van der Waals surface area contributed by atoms with E-state index in [0.29, 0.717) is 40.9 Å². The molecule has 0 saturated carbocycles. The molecule has 1 saturated heterocycles. The fourth-order valence-corrected chi connectivity index (χ4v) is 5.57. The van der Waals surface area contributed by atoms with Crippen molar-refractivity contribution in [2.75, 3.05) is 35.1 Å². The summed E-state index contributed by atoms with van der Waals surface area (Å²) in [5.74, 6) is -0.470. The fraction of sp³-hybridized carbons (Fsp3) is 0.357. The average molecular weight is 541 g/mol. The zero-order valence-corrected chi connectivity index (χ0v) is 22.4. The Balaban J connectivity index is 1.54. The van der Waals surface area contributed by atoms with Crippen molar-refractivity contribution in [2.24, 2.45) is 5.41 Å². The Bertz CT molecular complexity index is 1420. The van der Waals surface area contributed by atoms with Crippen LogP contribution in [0.25, 0.3) is 10.8 Å². The van der Waals surface area contributed by atoms with E-state index < -0.39 is 28.0 Å². The number of nitrogens with one attached hydrogen (secondary N) is 3. The summed E-state index contributed by atoms with van der Waals surface area (Å²) in [6, 6.07) is 16.1. The summed E-state index contributed by atoms with van der Waals surface area (Å²) in [5.41, 5.74) is 0.106. The molecule has 0 atom stereocenters. The van der Waals surface area contributed by atoms with E-state index in [9.17, 15) is 22.4 Å². The molecule has 1 aliphatic rings. The molecule has 3 aromatic carbocycles. The number of rotatable bonds is 7. The number of anilines is 3. The summed E-state index contributed by atoms with van der Waals surface area (Å²) in [6.45, 7) is 3.61. The zero-order chi connectivity index (χ0) is 27.3. The summed E-state index contributed by atoms with van der Waals surface area (Å²) in [4.78, 5) is 27.0. The monoisotopic (exact) mass is 540 g/mol. The first-order chi connectivity index (χ1) is 18.1. The van der Waals surface area contributed by atoms with Crippen molar-refractivity contribution in [3.05, 3.63) is 60.7 Å². The van der Waals surface area contributed by atoms with E-state index >= 15 is 0 Å². The van der Waals surface area contributed by atoms with Gasteiger partial charge in [0.15, 0.2) is 0 Å². The second-order valence-electron chi connectivity index (χ2n) is 10.1. The van der Waals surface area contributed by atoms with Crippen LogP contribution in [-0.2, 0) is 14.8 Å². The third kappa shape index (κ3) is 6.24. The van der Waals surface area contributed by atoms with Crippen LogP contribution in [0.5, 0.6) is 0 Å². The lowest BCUT2D eigenvalue weighted by molar-refractivity contribution is -0.124. The first-order valence-electron chi connectivity index (χ1n) is 12.7. The van der Waals surface area contributed by atoms with Gasteiger partial charge in [-0.15, -0.1) is 0 Å². The molecule has 3 N–H and O–H groups in total. The van der Waals surface area contributed by atoms with Gasteiger partial charge in [-0.05, 0) is 63.1 Å². The molecular weight excluding hydrogens is 507 g/mol. The standard InChI is InChI=1S/C28H33FN4O4S/c1-28(2,19-29)26(34)30-20-13-15-21(16-14-20)32-38(36,37)25-12-8-9-22-23(25)10-7-11-24(22)31-27(35)33-17-5-3-4-6-18-33/h7-16,32H,3-6,17-19H2,1-2H3,(H,30,34)(H,31,35). The molecule has 0 spiro atoms. The number of carbonyl (C=O) groups is 2. The van der Waals surface area contributed by atoms with Crippen LogP contribution in [0.1, 0.15) is 39.5 Å². The molecule has 0 unspecified atom stereocenters. The van der Waals surface area contributed by atoms with E-state index in [1.165, 1.54) is 32.0 Å². The van der Waals surface area contributed by atoms with E-state index in [2.05, 4.69) is 15.4 Å². The predicted molar refractivity (Wildman–Crippen MR) is 149 cm³/mol. The Morgan fingerprint density at radius 1 is 0.842 bits per heavy atom. The van der Waals surface area contributed by atoms with Gasteiger partial charge in [-0.2, -0.15) is 0 Å². The highest BCUT2D eigenvalue weighted by Crippen LogP contribution is 2.30. The van der Waals surface area contributed by atoms with Gasteiger partial charge < -0.3 is 15.5 Å². The molecule has 3 aromatic rings. The molecule has 38 heavy (non-hydrogen) atoms. The summed E-state index contributed by atoms with van der Waals surface area (Å²) < 4.78 is 42.3. The summed E-state index contributed by atoms with van der Waals surface area (Å²) in [5, 5.41) is 6.69. The van der Waals surface area contributed by atoms with Crippen LogP contribution in [0.4, 0.5) is 26.2 Å². The van der Waals surface area contributed by atoms with Gasteiger partial charge >= 0.3 is 6.03 Å². The number of amides is 3. The molecule has 1 aliphatic heterocycles. The van der Waals surface area contributed by atoms with Crippen molar-refractivity contribution in [1.82, 2.24) is 4.90 Å². The first kappa shape index (κ1) is 27.4. The Morgan fingerprint density at radius 2 is 1.45 bits per heavy atom. The fourth-order valence-electron chi connectivity index (χ4n) is 4.29. The lowest BCUT2D eigenvalue weighted by atomic mass is 9.94. The second kappa shape index (κ2) is 11.4. The highest BCUT2D eigenvalue weighted by atomic mass is 32.2. The van der Waals surface area contributed by atoms with Crippen LogP contribution < -0.4 is 15.4 Å². The maximum atomic E-state index is 13.3. The quantitative estimate of drug-likeness (QED) is 0.342. The molecule has 10 heteroatoms. The number of alkyl halides is 1. The van der Waals surface area contributed by atoms with E-state index in [1.807, 2.05) is 0 Å². The number of hydrogen-bond acceptors (Lipinski definition) is 4. The van der Waals surface area contributed by atoms with Gasteiger partial charge in [-0.3, -0.25) is 9.52 Å². The third-order valence-electron chi connectivity index (χ3n) is 6.65. The number of carbonyl (C=O) groups excluding carboxylic acids is 2. The van der Waals surface area contributed by atoms with Crippen LogP contribution in [0, 0.1) is 5.41 Å². The van der Waals surface area contributed by atoms with Crippen molar-refractivity contribution in [3.63, 3.8) is 0 Å². The maximum Gasteiger partial charge on any atom is 0.321 e. The molecule has 0 bridgehead atoms. The van der Waals surface area contributed by atoms with Crippen LogP contribution in [0.2, 0.25) is 0 Å². The predicted octanol–water partition coefficient (Wildman–Crippen LogP) is 5.98. The minimum absolute atomic E-state index is 0.0722. The number of benzene rings is 3. The van der Waals surface area contributed by atoms with Gasteiger partial charge in [0.25, 0.3) is 10.0 Å². The van der Waals surface area contributed by atoms with Crippen LogP contribution in [-0.4, -0.2) is 45.0 Å². The van der Waals surface area contributed by atoms with Gasteiger partial charge in [0, 0.05) is 35.2 Å². The third-order valence-corrected chi connectivity index (χ3v) is 8.09. The first-order valence-corrected chi connectivity index (χ1v) is 14.2. The highest BCUT2D eigenvalue weighted by molar-refractivity contribution is 7.93. The molecule has 0 aromatic heterocycles. The van der Waals surface area contributed by atoms with Crippen molar-refractivity contribution >= 4 is 49.8 Å². The van der Waals surface area contributed by atoms with Crippen LogP contribution in [0.3, 0.4) is 0 Å².